The van der Waals surface area contributed by atoms with Gasteiger partial charge in [0, 0.05) is 0 Å². The van der Waals surface area contributed by atoms with Crippen molar-refractivity contribution in [2.45, 2.75) is 47.7 Å². The molecule has 0 aliphatic heterocycles. The molecule has 0 fully saturated rings. The van der Waals surface area contributed by atoms with E-state index >= 15 is 0 Å². The molecule has 0 bridgehead atoms. The van der Waals surface area contributed by atoms with E-state index in [4.69, 9.17) is 0 Å². The maximum atomic E-state index is 13.0. The summed E-state index contributed by atoms with van der Waals surface area (Å²) in [7, 11) is 0. The van der Waals surface area contributed by atoms with Gasteiger partial charge in [0.25, 0.3) is 0 Å². The van der Waals surface area contributed by atoms with Crippen LogP contribution in [0.5, 0.6) is 0 Å². The van der Waals surface area contributed by atoms with Gasteiger partial charge in [-0.1, -0.05) is 34.6 Å². The summed E-state index contributed by atoms with van der Waals surface area (Å²) in [5.74, 6) is 0.679. The van der Waals surface area contributed by atoms with Gasteiger partial charge in [-0.05, 0) is 24.2 Å². The monoisotopic (exact) mass is 160 g/mol. The van der Waals surface area contributed by atoms with Crippen LogP contribution in [-0.2, 0) is 0 Å². The smallest absolute Gasteiger partial charge is 0.100 e. The van der Waals surface area contributed by atoms with Gasteiger partial charge in [-0.25, -0.2) is 4.39 Å². The lowest BCUT2D eigenvalue weighted by atomic mass is 9.70. The minimum absolute atomic E-state index is 0.105. The molecule has 0 rings (SSSR count). The molecule has 0 nitrogen and oxygen atoms in total. The third-order valence-electron chi connectivity index (χ3n) is 3.35. The SMILES string of the molecule is CC(F)C(C)C(C)(C)C(C)C. The van der Waals surface area contributed by atoms with E-state index in [1.54, 1.807) is 6.92 Å². The van der Waals surface area contributed by atoms with Crippen LogP contribution in [0.4, 0.5) is 4.39 Å². The first-order valence-electron chi connectivity index (χ1n) is 4.44. The minimum Gasteiger partial charge on any atom is -0.247 e. The number of alkyl halides is 1. The van der Waals surface area contributed by atoms with E-state index in [0.717, 1.165) is 0 Å². The van der Waals surface area contributed by atoms with E-state index in [0.29, 0.717) is 5.92 Å². The van der Waals surface area contributed by atoms with Crippen LogP contribution in [0.2, 0.25) is 0 Å². The Bertz CT molecular complexity index is 114. The average molecular weight is 160 g/mol. The van der Waals surface area contributed by atoms with E-state index < -0.39 is 6.17 Å². The fraction of sp³-hybridized carbons (Fsp3) is 1.00. The summed E-state index contributed by atoms with van der Waals surface area (Å²) in [6.07, 6.45) is -0.701. The van der Waals surface area contributed by atoms with Crippen molar-refractivity contribution in [1.82, 2.24) is 0 Å². The van der Waals surface area contributed by atoms with E-state index in [-0.39, 0.29) is 11.3 Å². The van der Waals surface area contributed by atoms with Gasteiger partial charge in [-0.2, -0.15) is 0 Å². The zero-order chi connectivity index (χ0) is 9.23. The molecule has 2 unspecified atom stereocenters. The Hall–Kier alpha value is -0.0700. The highest BCUT2D eigenvalue weighted by molar-refractivity contribution is 4.81. The molecule has 1 heteroatoms. The zero-order valence-corrected chi connectivity index (χ0v) is 8.61. The van der Waals surface area contributed by atoms with Crippen LogP contribution in [0.15, 0.2) is 0 Å². The number of halogens is 1. The van der Waals surface area contributed by atoms with Crippen molar-refractivity contribution >= 4 is 0 Å². The maximum Gasteiger partial charge on any atom is 0.100 e. The van der Waals surface area contributed by atoms with Gasteiger partial charge < -0.3 is 0 Å². The van der Waals surface area contributed by atoms with Gasteiger partial charge >= 0.3 is 0 Å². The summed E-state index contributed by atoms with van der Waals surface area (Å²) in [6, 6.07) is 0. The first-order chi connectivity index (χ1) is 4.80. The molecule has 0 N–H and O–H groups in total. The first kappa shape index (κ1) is 10.9. The fourth-order valence-electron chi connectivity index (χ4n) is 1.12. The third-order valence-corrected chi connectivity index (χ3v) is 3.35. The molecule has 11 heavy (non-hydrogen) atoms. The molecule has 0 aliphatic carbocycles. The molecule has 0 heterocycles. The highest BCUT2D eigenvalue weighted by Crippen LogP contribution is 2.37. The van der Waals surface area contributed by atoms with Crippen LogP contribution >= 0.6 is 0 Å². The Morgan fingerprint density at radius 3 is 1.45 bits per heavy atom. The molecule has 0 amide bonds. The van der Waals surface area contributed by atoms with E-state index in [1.165, 1.54) is 0 Å². The van der Waals surface area contributed by atoms with Crippen LogP contribution in [0.3, 0.4) is 0 Å². The molecule has 68 valence electrons. The van der Waals surface area contributed by atoms with E-state index in [9.17, 15) is 4.39 Å². The Balaban J connectivity index is 4.29. The lowest BCUT2D eigenvalue weighted by molar-refractivity contribution is 0.0823. The van der Waals surface area contributed by atoms with Gasteiger partial charge in [0.1, 0.15) is 6.17 Å². The van der Waals surface area contributed by atoms with Crippen molar-refractivity contribution in [3.63, 3.8) is 0 Å². The largest absolute Gasteiger partial charge is 0.247 e. The second-order valence-electron chi connectivity index (χ2n) is 4.44. The number of rotatable bonds is 3. The Labute approximate surface area is 70.2 Å². The molecular formula is C10H21F. The van der Waals surface area contributed by atoms with Crippen molar-refractivity contribution in [2.75, 3.05) is 0 Å². The summed E-state index contributed by atoms with van der Waals surface area (Å²) in [5, 5.41) is 0. The summed E-state index contributed by atoms with van der Waals surface area (Å²) in [6.45, 7) is 12.2. The second-order valence-corrected chi connectivity index (χ2v) is 4.44. The van der Waals surface area contributed by atoms with Crippen molar-refractivity contribution in [3.05, 3.63) is 0 Å². The molecule has 0 aromatic heterocycles. The summed E-state index contributed by atoms with van der Waals surface area (Å²) in [5.41, 5.74) is 0.105. The topological polar surface area (TPSA) is 0 Å². The van der Waals surface area contributed by atoms with Crippen molar-refractivity contribution in [2.24, 2.45) is 17.3 Å². The van der Waals surface area contributed by atoms with Crippen LogP contribution in [0, 0.1) is 17.3 Å². The van der Waals surface area contributed by atoms with E-state index in [2.05, 4.69) is 27.7 Å². The van der Waals surface area contributed by atoms with Crippen LogP contribution < -0.4 is 0 Å². The quantitative estimate of drug-likeness (QED) is 0.591. The van der Waals surface area contributed by atoms with Gasteiger partial charge in [0.2, 0.25) is 0 Å². The second kappa shape index (κ2) is 3.55. The third kappa shape index (κ3) is 2.46. The van der Waals surface area contributed by atoms with Crippen LogP contribution in [0.1, 0.15) is 41.5 Å². The predicted molar refractivity (Wildman–Crippen MR) is 48.4 cm³/mol. The molecule has 0 saturated heterocycles. The van der Waals surface area contributed by atoms with Crippen molar-refractivity contribution < 1.29 is 4.39 Å². The highest BCUT2D eigenvalue weighted by Gasteiger charge is 2.32. The van der Waals surface area contributed by atoms with Gasteiger partial charge in [0.15, 0.2) is 0 Å². The Morgan fingerprint density at radius 1 is 1.00 bits per heavy atom. The summed E-state index contributed by atoms with van der Waals surface area (Å²) < 4.78 is 13.0. The average Bonchev–Trinajstić information content (AvgIpc) is 1.85. The molecule has 2 atom stereocenters. The minimum atomic E-state index is -0.701. The maximum absolute atomic E-state index is 13.0. The van der Waals surface area contributed by atoms with Crippen LogP contribution in [0.25, 0.3) is 0 Å². The predicted octanol–water partition coefficient (Wildman–Crippen LogP) is 3.66. The van der Waals surface area contributed by atoms with Gasteiger partial charge in [-0.15, -0.1) is 0 Å². The van der Waals surface area contributed by atoms with Gasteiger partial charge in [-0.3, -0.25) is 0 Å². The van der Waals surface area contributed by atoms with Crippen molar-refractivity contribution in [1.29, 1.82) is 0 Å². The molecule has 0 aromatic carbocycles. The van der Waals surface area contributed by atoms with Crippen molar-refractivity contribution in [3.8, 4) is 0 Å². The zero-order valence-electron chi connectivity index (χ0n) is 8.61. The standard InChI is InChI=1S/C10H21F/c1-7(2)10(5,6)8(3)9(4)11/h7-9H,1-6H3. The lowest BCUT2D eigenvalue weighted by Crippen LogP contribution is -2.32. The van der Waals surface area contributed by atoms with Crippen LogP contribution in [-0.4, -0.2) is 6.17 Å². The Kier molecular flexibility index (Phi) is 3.53. The molecule has 0 aliphatic rings. The molecule has 0 saturated carbocycles. The van der Waals surface area contributed by atoms with Gasteiger partial charge in [0.05, 0.1) is 0 Å². The summed E-state index contributed by atoms with van der Waals surface area (Å²) in [4.78, 5) is 0. The number of hydrogen-bond donors (Lipinski definition) is 0. The lowest BCUT2D eigenvalue weighted by Gasteiger charge is -2.36. The van der Waals surface area contributed by atoms with E-state index in [1.807, 2.05) is 6.92 Å². The first-order valence-corrected chi connectivity index (χ1v) is 4.44. The highest BCUT2D eigenvalue weighted by atomic mass is 19.1. The molecule has 0 spiro atoms. The Morgan fingerprint density at radius 2 is 1.36 bits per heavy atom. The molecular weight excluding hydrogens is 139 g/mol. The fourth-order valence-corrected chi connectivity index (χ4v) is 1.12. The molecule has 0 radical (unpaired) electrons. The molecule has 0 aromatic rings. The normalized spacial score (nSPS) is 18.5. The summed E-state index contributed by atoms with van der Waals surface area (Å²) >= 11 is 0. The number of hydrogen-bond acceptors (Lipinski definition) is 0.